The zero-order chi connectivity index (χ0) is 17.8. The van der Waals surface area contributed by atoms with Crippen LogP contribution in [0.5, 0.6) is 17.2 Å². The molecule has 1 atom stereocenters. The average molecular weight is 398 g/mol. The molecule has 2 aliphatic heterocycles. The number of carbonyl (C=O) groups is 1. The standard InChI is InChI=1S/C18H11Cl3O4/c1-23-11-6-7-14-10(8-11)9-13-16(22)12-4-2-3-5-15(12)25-17(13,24-14)18(19,20)21/h2-9H,1H3. The van der Waals surface area contributed by atoms with Crippen molar-refractivity contribution < 1.29 is 19.0 Å². The molecule has 4 nitrogen and oxygen atoms in total. The summed E-state index contributed by atoms with van der Waals surface area (Å²) < 4.78 is 15.1. The van der Waals surface area contributed by atoms with Gasteiger partial charge in [-0.15, -0.1) is 0 Å². The smallest absolute Gasteiger partial charge is 0.330 e. The van der Waals surface area contributed by atoms with Gasteiger partial charge in [-0.1, -0.05) is 46.9 Å². The Bertz CT molecular complexity index is 917. The van der Waals surface area contributed by atoms with E-state index >= 15 is 0 Å². The van der Waals surface area contributed by atoms with Crippen LogP contribution in [0.4, 0.5) is 0 Å². The number of ketones is 1. The summed E-state index contributed by atoms with van der Waals surface area (Å²) in [5, 5.41) is 0. The van der Waals surface area contributed by atoms with Crippen LogP contribution in [0, 0.1) is 0 Å². The molecule has 25 heavy (non-hydrogen) atoms. The van der Waals surface area contributed by atoms with Crippen molar-refractivity contribution in [2.75, 3.05) is 7.11 Å². The van der Waals surface area contributed by atoms with E-state index in [0.717, 1.165) is 0 Å². The fourth-order valence-corrected chi connectivity index (χ4v) is 3.46. The summed E-state index contributed by atoms with van der Waals surface area (Å²) in [4.78, 5) is 13.0. The fourth-order valence-electron chi connectivity index (χ4n) is 2.92. The van der Waals surface area contributed by atoms with E-state index in [1.807, 2.05) is 0 Å². The molecule has 0 saturated carbocycles. The van der Waals surface area contributed by atoms with Gasteiger partial charge >= 0.3 is 5.79 Å². The Morgan fingerprint density at radius 2 is 1.76 bits per heavy atom. The SMILES string of the molecule is COc1ccc2c(c1)C=C1C(=O)c3ccccc3OC1(C(Cl)(Cl)Cl)O2. The third-order valence-corrected chi connectivity index (χ3v) is 4.87. The number of Topliss-reactive ketones (excluding diaryl/α,β-unsaturated/α-hetero) is 1. The molecule has 2 heterocycles. The minimum absolute atomic E-state index is 0.118. The van der Waals surface area contributed by atoms with Crippen LogP contribution in [-0.4, -0.2) is 22.5 Å². The average Bonchev–Trinajstić information content (AvgIpc) is 2.59. The second kappa shape index (κ2) is 5.56. The number of benzene rings is 2. The van der Waals surface area contributed by atoms with Gasteiger partial charge in [0, 0.05) is 5.56 Å². The summed E-state index contributed by atoms with van der Waals surface area (Å²) >= 11 is 18.6. The number of methoxy groups -OCH3 is 1. The van der Waals surface area contributed by atoms with E-state index in [0.29, 0.717) is 28.4 Å². The minimum atomic E-state index is -2.04. The molecule has 4 rings (SSSR count). The number of halogens is 3. The van der Waals surface area contributed by atoms with Gasteiger partial charge in [-0.25, -0.2) is 0 Å². The normalized spacial score (nSPS) is 21.1. The van der Waals surface area contributed by atoms with Gasteiger partial charge in [0.25, 0.3) is 3.79 Å². The fraction of sp³-hybridized carbons (Fsp3) is 0.167. The van der Waals surface area contributed by atoms with Crippen LogP contribution in [-0.2, 0) is 0 Å². The number of alkyl halides is 3. The lowest BCUT2D eigenvalue weighted by atomic mass is 9.89. The van der Waals surface area contributed by atoms with Crippen molar-refractivity contribution in [3.63, 3.8) is 0 Å². The first-order valence-corrected chi connectivity index (χ1v) is 8.48. The van der Waals surface area contributed by atoms with Crippen molar-refractivity contribution in [3.8, 4) is 17.2 Å². The molecule has 0 amide bonds. The first-order valence-electron chi connectivity index (χ1n) is 7.34. The Hall–Kier alpha value is -1.88. The van der Waals surface area contributed by atoms with Crippen LogP contribution in [0.25, 0.3) is 6.08 Å². The highest BCUT2D eigenvalue weighted by Crippen LogP contribution is 2.53. The Morgan fingerprint density at radius 1 is 1.04 bits per heavy atom. The lowest BCUT2D eigenvalue weighted by Crippen LogP contribution is -2.59. The number of fused-ring (bicyclic) bond motifs is 3. The summed E-state index contributed by atoms with van der Waals surface area (Å²) in [7, 11) is 1.55. The van der Waals surface area contributed by atoms with Crippen LogP contribution in [0.1, 0.15) is 15.9 Å². The number of carbonyl (C=O) groups excluding carboxylic acids is 1. The highest BCUT2D eigenvalue weighted by atomic mass is 35.6. The van der Waals surface area contributed by atoms with Gasteiger partial charge in [-0.2, -0.15) is 0 Å². The molecule has 2 aromatic carbocycles. The number of ether oxygens (including phenoxy) is 3. The van der Waals surface area contributed by atoms with Crippen LogP contribution >= 0.6 is 34.8 Å². The molecule has 0 radical (unpaired) electrons. The molecule has 7 heteroatoms. The maximum Gasteiger partial charge on any atom is 0.330 e. The van der Waals surface area contributed by atoms with Gasteiger partial charge in [0.2, 0.25) is 5.78 Å². The Morgan fingerprint density at radius 3 is 2.48 bits per heavy atom. The van der Waals surface area contributed by atoms with Crippen LogP contribution < -0.4 is 14.2 Å². The lowest BCUT2D eigenvalue weighted by Gasteiger charge is -2.45. The molecule has 0 bridgehead atoms. The molecule has 0 N–H and O–H groups in total. The molecule has 2 aromatic rings. The van der Waals surface area contributed by atoms with Gasteiger partial charge in [0.15, 0.2) is 0 Å². The quantitative estimate of drug-likeness (QED) is 0.648. The van der Waals surface area contributed by atoms with Crippen LogP contribution in [0.3, 0.4) is 0 Å². The number of hydrogen-bond acceptors (Lipinski definition) is 4. The zero-order valence-corrected chi connectivity index (χ0v) is 15.2. The topological polar surface area (TPSA) is 44.8 Å². The van der Waals surface area contributed by atoms with Crippen molar-refractivity contribution in [1.82, 2.24) is 0 Å². The summed E-state index contributed by atoms with van der Waals surface area (Å²) in [5.41, 5.74) is 1.14. The van der Waals surface area contributed by atoms with Crippen LogP contribution in [0.2, 0.25) is 0 Å². The van der Waals surface area contributed by atoms with Crippen molar-refractivity contribution in [2.24, 2.45) is 0 Å². The van der Waals surface area contributed by atoms with E-state index in [4.69, 9.17) is 49.0 Å². The van der Waals surface area contributed by atoms with Crippen LogP contribution in [0.15, 0.2) is 48.0 Å². The van der Waals surface area contributed by atoms with Crippen molar-refractivity contribution >= 4 is 46.7 Å². The van der Waals surface area contributed by atoms with Gasteiger partial charge in [0.05, 0.1) is 18.2 Å². The molecule has 128 valence electrons. The number of rotatable bonds is 1. The second-order valence-corrected chi connectivity index (χ2v) is 7.89. The van der Waals surface area contributed by atoms with Crippen molar-refractivity contribution in [3.05, 3.63) is 59.2 Å². The summed E-state index contributed by atoms with van der Waals surface area (Å²) in [6, 6.07) is 11.9. The lowest BCUT2D eigenvalue weighted by molar-refractivity contribution is -0.0811. The number of hydrogen-bond donors (Lipinski definition) is 0. The van der Waals surface area contributed by atoms with Crippen molar-refractivity contribution in [1.29, 1.82) is 0 Å². The Balaban J connectivity index is 1.97. The van der Waals surface area contributed by atoms with E-state index in [9.17, 15) is 4.79 Å². The second-order valence-electron chi connectivity index (χ2n) is 5.61. The molecular weight excluding hydrogens is 387 g/mol. The maximum absolute atomic E-state index is 13.0. The molecule has 1 unspecified atom stereocenters. The highest BCUT2D eigenvalue weighted by molar-refractivity contribution is 6.68. The monoisotopic (exact) mass is 396 g/mol. The van der Waals surface area contributed by atoms with E-state index in [1.54, 1.807) is 55.7 Å². The summed E-state index contributed by atoms with van der Waals surface area (Å²) in [6.45, 7) is 0. The van der Waals surface area contributed by atoms with E-state index < -0.39 is 9.58 Å². The first-order chi connectivity index (χ1) is 11.9. The molecular formula is C18H11Cl3O4. The van der Waals surface area contributed by atoms with Gasteiger partial charge in [0.1, 0.15) is 17.2 Å². The van der Waals surface area contributed by atoms with Gasteiger partial charge < -0.3 is 14.2 Å². The predicted octanol–water partition coefficient (Wildman–Crippen LogP) is 4.81. The third kappa shape index (κ3) is 2.40. The molecule has 0 aliphatic carbocycles. The Kier molecular flexibility index (Phi) is 3.69. The first kappa shape index (κ1) is 16.6. The Labute approximate surface area is 158 Å². The summed E-state index contributed by atoms with van der Waals surface area (Å²) in [6.07, 6.45) is 1.61. The van der Waals surface area contributed by atoms with Crippen molar-refractivity contribution in [2.45, 2.75) is 9.58 Å². The van der Waals surface area contributed by atoms with Gasteiger partial charge in [-0.3, -0.25) is 4.79 Å². The molecule has 0 fully saturated rings. The molecule has 0 saturated heterocycles. The maximum atomic E-state index is 13.0. The molecule has 0 aromatic heterocycles. The van der Waals surface area contributed by atoms with E-state index in [2.05, 4.69) is 0 Å². The number of para-hydroxylation sites is 1. The minimum Gasteiger partial charge on any atom is -0.497 e. The largest absolute Gasteiger partial charge is 0.497 e. The predicted molar refractivity (Wildman–Crippen MR) is 96.0 cm³/mol. The van der Waals surface area contributed by atoms with E-state index in [-0.39, 0.29) is 11.4 Å². The summed E-state index contributed by atoms with van der Waals surface area (Å²) in [5.74, 6) is -0.854. The molecule has 2 aliphatic rings. The van der Waals surface area contributed by atoms with Gasteiger partial charge in [-0.05, 0) is 36.4 Å². The van der Waals surface area contributed by atoms with E-state index in [1.165, 1.54) is 0 Å². The molecule has 0 spiro atoms. The third-order valence-electron chi connectivity index (χ3n) is 4.13. The zero-order valence-electron chi connectivity index (χ0n) is 12.9. The highest BCUT2D eigenvalue weighted by Gasteiger charge is 2.62.